The van der Waals surface area contributed by atoms with Gasteiger partial charge in [-0.25, -0.2) is 4.98 Å². The van der Waals surface area contributed by atoms with Crippen molar-refractivity contribution in [3.05, 3.63) is 24.0 Å². The number of rotatable bonds is 6. The lowest BCUT2D eigenvalue weighted by Crippen LogP contribution is -2.29. The first kappa shape index (κ1) is 15.1. The second kappa shape index (κ2) is 6.46. The van der Waals surface area contributed by atoms with Crippen molar-refractivity contribution < 1.29 is 4.74 Å². The molecule has 0 amide bonds. The lowest BCUT2D eigenvalue weighted by atomic mass is 10.2. The third-order valence-corrected chi connectivity index (χ3v) is 3.81. The minimum absolute atomic E-state index is 0.403. The van der Waals surface area contributed by atoms with E-state index in [1.807, 2.05) is 19.1 Å². The molecule has 0 saturated heterocycles. The van der Waals surface area contributed by atoms with Gasteiger partial charge >= 0.3 is 0 Å². The van der Waals surface area contributed by atoms with Gasteiger partial charge in [-0.2, -0.15) is 0 Å². The quantitative estimate of drug-likeness (QED) is 0.767. The number of hydrogen-bond acceptors (Lipinski definition) is 3. The summed E-state index contributed by atoms with van der Waals surface area (Å²) in [6, 6.07) is 6.44. The normalized spacial score (nSPS) is 13.1. The fourth-order valence-electron chi connectivity index (χ4n) is 2.17. The van der Waals surface area contributed by atoms with Crippen molar-refractivity contribution in [2.24, 2.45) is 0 Å². The maximum absolute atomic E-state index is 6.06. The van der Waals surface area contributed by atoms with Gasteiger partial charge in [0.2, 0.25) is 0 Å². The minimum atomic E-state index is 0.403. The topological polar surface area (TPSA) is 30.3 Å². The number of para-hydroxylation sites is 1. The highest BCUT2D eigenvalue weighted by molar-refractivity contribution is 6.16. The minimum Gasteiger partial charge on any atom is -0.492 e. The van der Waals surface area contributed by atoms with Crippen LogP contribution in [0, 0.1) is 0 Å². The average molecular weight is 296 g/mol. The summed E-state index contributed by atoms with van der Waals surface area (Å²) in [7, 11) is 4.16. The second-order valence-electron chi connectivity index (χ2n) is 5.14. The molecule has 1 aromatic heterocycles. The summed E-state index contributed by atoms with van der Waals surface area (Å²) in [5.74, 6) is 2.12. The first-order valence-electron chi connectivity index (χ1n) is 6.91. The Bertz CT molecular complexity index is 580. The summed E-state index contributed by atoms with van der Waals surface area (Å²) in [5.41, 5.74) is 1.98. The summed E-state index contributed by atoms with van der Waals surface area (Å²) in [6.45, 7) is 5.67. The number of fused-ring (bicyclic) bond motifs is 1. The Kier molecular flexibility index (Phi) is 4.89. The van der Waals surface area contributed by atoms with Crippen molar-refractivity contribution in [3.63, 3.8) is 0 Å². The highest BCUT2D eigenvalue weighted by atomic mass is 35.5. The zero-order valence-corrected chi connectivity index (χ0v) is 13.3. The van der Waals surface area contributed by atoms with Crippen LogP contribution in [0.5, 0.6) is 5.75 Å². The van der Waals surface area contributed by atoms with E-state index in [9.17, 15) is 0 Å². The second-order valence-corrected chi connectivity index (χ2v) is 5.41. The number of halogens is 1. The summed E-state index contributed by atoms with van der Waals surface area (Å²) < 4.78 is 7.85. The molecule has 0 saturated carbocycles. The number of aromatic nitrogens is 2. The molecule has 0 bridgehead atoms. The Morgan fingerprint density at radius 1 is 1.40 bits per heavy atom. The summed E-state index contributed by atoms with van der Waals surface area (Å²) in [5, 5.41) is 0. The van der Waals surface area contributed by atoms with Crippen molar-refractivity contribution in [1.82, 2.24) is 14.5 Å². The Labute approximate surface area is 125 Å². The first-order chi connectivity index (χ1) is 9.58. The number of hydrogen-bond donors (Lipinski definition) is 0. The van der Waals surface area contributed by atoms with E-state index in [0.29, 0.717) is 18.5 Å². The predicted molar refractivity (Wildman–Crippen MR) is 83.6 cm³/mol. The number of benzene rings is 1. The number of nitrogens with zero attached hydrogens (tertiary/aromatic N) is 3. The van der Waals surface area contributed by atoms with Crippen molar-refractivity contribution in [2.45, 2.75) is 32.3 Å². The molecule has 0 radical (unpaired) electrons. The fraction of sp³-hybridized carbons (Fsp3) is 0.533. The Balaban J connectivity index is 2.49. The smallest absolute Gasteiger partial charge is 0.147 e. The Hall–Kier alpha value is -1.26. The molecule has 0 aliphatic rings. The van der Waals surface area contributed by atoms with Gasteiger partial charge in [-0.1, -0.05) is 6.07 Å². The lowest BCUT2D eigenvalue weighted by Gasteiger charge is -2.21. The molecule has 1 atom stereocenters. The molecule has 20 heavy (non-hydrogen) atoms. The molecule has 0 aliphatic heterocycles. The SMILES string of the molecule is CCOc1cccc2c1nc(CCl)n2CC(C)N(C)C. The van der Waals surface area contributed by atoms with Gasteiger partial charge in [0.1, 0.15) is 17.1 Å². The zero-order chi connectivity index (χ0) is 14.7. The molecule has 0 N–H and O–H groups in total. The third-order valence-electron chi connectivity index (χ3n) is 3.57. The van der Waals surface area contributed by atoms with Crippen LogP contribution in [0.25, 0.3) is 11.0 Å². The van der Waals surface area contributed by atoms with Crippen LogP contribution in [0.3, 0.4) is 0 Å². The van der Waals surface area contributed by atoms with Crippen LogP contribution >= 0.6 is 11.6 Å². The van der Waals surface area contributed by atoms with Crippen LogP contribution in [-0.4, -0.2) is 41.2 Å². The van der Waals surface area contributed by atoms with Crippen LogP contribution in [0.1, 0.15) is 19.7 Å². The number of imidazole rings is 1. The van der Waals surface area contributed by atoms with E-state index in [2.05, 4.69) is 41.5 Å². The zero-order valence-electron chi connectivity index (χ0n) is 12.6. The molecule has 0 fully saturated rings. The molecule has 1 aromatic carbocycles. The maximum atomic E-state index is 6.06. The van der Waals surface area contributed by atoms with Gasteiger partial charge in [-0.15, -0.1) is 11.6 Å². The van der Waals surface area contributed by atoms with Crippen molar-refractivity contribution in [2.75, 3.05) is 20.7 Å². The lowest BCUT2D eigenvalue weighted by molar-refractivity contribution is 0.284. The van der Waals surface area contributed by atoms with Crippen LogP contribution < -0.4 is 4.74 Å². The van der Waals surface area contributed by atoms with Gasteiger partial charge in [0, 0.05) is 12.6 Å². The summed E-state index contributed by atoms with van der Waals surface area (Å²) >= 11 is 6.06. The molecular weight excluding hydrogens is 274 g/mol. The molecule has 110 valence electrons. The average Bonchev–Trinajstić information content (AvgIpc) is 2.78. The molecule has 0 spiro atoms. The van der Waals surface area contributed by atoms with E-state index >= 15 is 0 Å². The largest absolute Gasteiger partial charge is 0.492 e. The van der Waals surface area contributed by atoms with E-state index in [1.165, 1.54) is 0 Å². The van der Waals surface area contributed by atoms with Crippen LogP contribution in [-0.2, 0) is 12.4 Å². The molecule has 1 heterocycles. The summed E-state index contributed by atoms with van der Waals surface area (Å²) in [4.78, 5) is 6.84. The molecule has 5 heteroatoms. The third kappa shape index (κ3) is 2.91. The van der Waals surface area contributed by atoms with Crippen LogP contribution in [0.15, 0.2) is 18.2 Å². The van der Waals surface area contributed by atoms with E-state index in [0.717, 1.165) is 29.2 Å². The summed E-state index contributed by atoms with van der Waals surface area (Å²) in [6.07, 6.45) is 0. The predicted octanol–water partition coefficient (Wildman–Crippen LogP) is 3.12. The number of alkyl halides is 1. The van der Waals surface area contributed by atoms with Crippen molar-refractivity contribution >= 4 is 22.6 Å². The fourth-order valence-corrected chi connectivity index (χ4v) is 2.38. The Morgan fingerprint density at radius 2 is 2.15 bits per heavy atom. The number of ether oxygens (including phenoxy) is 1. The monoisotopic (exact) mass is 295 g/mol. The van der Waals surface area contributed by atoms with Gasteiger partial charge in [-0.05, 0) is 40.1 Å². The van der Waals surface area contributed by atoms with Crippen molar-refractivity contribution in [3.8, 4) is 5.75 Å². The van der Waals surface area contributed by atoms with E-state index in [-0.39, 0.29) is 0 Å². The molecule has 0 aliphatic carbocycles. The molecule has 2 rings (SSSR count). The molecular formula is C15H22ClN3O. The van der Waals surface area contributed by atoms with Crippen LogP contribution in [0.2, 0.25) is 0 Å². The highest BCUT2D eigenvalue weighted by Gasteiger charge is 2.16. The van der Waals surface area contributed by atoms with Gasteiger partial charge in [0.05, 0.1) is 18.0 Å². The van der Waals surface area contributed by atoms with Gasteiger partial charge in [-0.3, -0.25) is 0 Å². The van der Waals surface area contributed by atoms with E-state index in [1.54, 1.807) is 0 Å². The molecule has 1 unspecified atom stereocenters. The Morgan fingerprint density at radius 3 is 2.75 bits per heavy atom. The number of likely N-dealkylation sites (N-methyl/N-ethyl adjacent to an activating group) is 1. The van der Waals surface area contributed by atoms with E-state index < -0.39 is 0 Å². The molecule has 4 nitrogen and oxygen atoms in total. The van der Waals surface area contributed by atoms with Gasteiger partial charge in [0.25, 0.3) is 0 Å². The van der Waals surface area contributed by atoms with E-state index in [4.69, 9.17) is 16.3 Å². The van der Waals surface area contributed by atoms with Gasteiger partial charge < -0.3 is 14.2 Å². The molecule has 2 aromatic rings. The van der Waals surface area contributed by atoms with Crippen molar-refractivity contribution in [1.29, 1.82) is 0 Å². The highest BCUT2D eigenvalue weighted by Crippen LogP contribution is 2.27. The van der Waals surface area contributed by atoms with Gasteiger partial charge in [0.15, 0.2) is 0 Å². The standard InChI is InChI=1S/C15H22ClN3O/c1-5-20-13-8-6-7-12-15(13)17-14(9-16)19(12)10-11(2)18(3)4/h6-8,11H,5,9-10H2,1-4H3. The first-order valence-corrected chi connectivity index (χ1v) is 7.45. The maximum Gasteiger partial charge on any atom is 0.147 e. The van der Waals surface area contributed by atoms with Crippen LogP contribution in [0.4, 0.5) is 0 Å².